The Bertz CT molecular complexity index is 682. The molecule has 23 heavy (non-hydrogen) atoms. The first-order valence-electron chi connectivity index (χ1n) is 7.81. The molecule has 0 aliphatic carbocycles. The topological polar surface area (TPSA) is 77.0 Å². The lowest BCUT2D eigenvalue weighted by molar-refractivity contribution is 0.0577. The number of carbonyl (C=O) groups is 1. The molecule has 0 bridgehead atoms. The molecule has 1 aromatic carbocycles. The quantitative estimate of drug-likeness (QED) is 0.935. The summed E-state index contributed by atoms with van der Waals surface area (Å²) in [6.07, 6.45) is 4.41. The van der Waals surface area contributed by atoms with Crippen LogP contribution in [-0.2, 0) is 0 Å². The average molecular weight is 317 g/mol. The van der Waals surface area contributed by atoms with Crippen molar-refractivity contribution in [1.82, 2.24) is 19.9 Å². The van der Waals surface area contributed by atoms with Gasteiger partial charge in [-0.25, -0.2) is 4.39 Å². The van der Waals surface area contributed by atoms with Crippen molar-refractivity contribution in [3.63, 3.8) is 0 Å². The smallest absolute Gasteiger partial charge is 0.276 e. The Morgan fingerprint density at radius 3 is 2.78 bits per heavy atom. The van der Waals surface area contributed by atoms with E-state index >= 15 is 0 Å². The summed E-state index contributed by atoms with van der Waals surface area (Å²) in [6, 6.07) is 5.75. The standard InChI is InChI=1S/C16H20FN5O/c1-11(18)15-4-2-3-9-21(15)16(23)14-10-19-22(20-14)13-7-5-12(17)6-8-13/h5-8,10-11,15H,2-4,9,18H2,1H3/t11-,15-/m0/s1. The molecule has 0 saturated carbocycles. The van der Waals surface area contributed by atoms with Gasteiger partial charge in [0.2, 0.25) is 0 Å². The first kappa shape index (κ1) is 15.6. The van der Waals surface area contributed by atoms with Crippen LogP contribution < -0.4 is 5.73 Å². The maximum absolute atomic E-state index is 13.0. The number of hydrogen-bond donors (Lipinski definition) is 1. The minimum Gasteiger partial charge on any atom is -0.333 e. The maximum atomic E-state index is 13.0. The van der Waals surface area contributed by atoms with E-state index < -0.39 is 0 Å². The molecule has 122 valence electrons. The van der Waals surface area contributed by atoms with Gasteiger partial charge < -0.3 is 10.6 Å². The summed E-state index contributed by atoms with van der Waals surface area (Å²) in [5.41, 5.74) is 6.90. The second-order valence-corrected chi connectivity index (χ2v) is 5.92. The van der Waals surface area contributed by atoms with Crippen LogP contribution in [-0.4, -0.2) is 44.4 Å². The minimum absolute atomic E-state index is 0.0345. The molecule has 2 aromatic rings. The Kier molecular flexibility index (Phi) is 4.38. The number of aromatic nitrogens is 3. The lowest BCUT2D eigenvalue weighted by Gasteiger charge is -2.37. The van der Waals surface area contributed by atoms with E-state index in [-0.39, 0.29) is 29.5 Å². The number of halogens is 1. The van der Waals surface area contributed by atoms with E-state index in [9.17, 15) is 9.18 Å². The van der Waals surface area contributed by atoms with Crippen LogP contribution in [0.5, 0.6) is 0 Å². The van der Waals surface area contributed by atoms with E-state index in [1.807, 2.05) is 6.92 Å². The Hall–Kier alpha value is -2.28. The number of benzene rings is 1. The van der Waals surface area contributed by atoms with Gasteiger partial charge in [0.25, 0.3) is 5.91 Å². The molecular formula is C16H20FN5O. The van der Waals surface area contributed by atoms with Crippen LogP contribution in [0.2, 0.25) is 0 Å². The summed E-state index contributed by atoms with van der Waals surface area (Å²) in [7, 11) is 0. The second kappa shape index (κ2) is 6.45. The number of hydrogen-bond acceptors (Lipinski definition) is 4. The molecule has 1 aliphatic heterocycles. The third-order valence-corrected chi connectivity index (χ3v) is 4.19. The van der Waals surface area contributed by atoms with Crippen molar-refractivity contribution in [2.75, 3.05) is 6.54 Å². The number of nitrogens with two attached hydrogens (primary N) is 1. The van der Waals surface area contributed by atoms with Gasteiger partial charge in [0.15, 0.2) is 5.69 Å². The van der Waals surface area contributed by atoms with Crippen molar-refractivity contribution in [2.45, 2.75) is 38.3 Å². The predicted molar refractivity (Wildman–Crippen MR) is 83.6 cm³/mol. The molecule has 1 aliphatic rings. The number of nitrogens with zero attached hydrogens (tertiary/aromatic N) is 4. The third-order valence-electron chi connectivity index (χ3n) is 4.19. The molecule has 0 unspecified atom stereocenters. The Morgan fingerprint density at radius 2 is 2.09 bits per heavy atom. The lowest BCUT2D eigenvalue weighted by atomic mass is 9.96. The van der Waals surface area contributed by atoms with Crippen molar-refractivity contribution in [1.29, 1.82) is 0 Å². The average Bonchev–Trinajstić information content (AvgIpc) is 3.04. The van der Waals surface area contributed by atoms with Crippen molar-refractivity contribution >= 4 is 5.91 Å². The van der Waals surface area contributed by atoms with Gasteiger partial charge >= 0.3 is 0 Å². The van der Waals surface area contributed by atoms with E-state index in [2.05, 4.69) is 10.2 Å². The summed E-state index contributed by atoms with van der Waals surface area (Å²) >= 11 is 0. The monoisotopic (exact) mass is 317 g/mol. The highest BCUT2D eigenvalue weighted by Gasteiger charge is 2.31. The highest BCUT2D eigenvalue weighted by molar-refractivity contribution is 5.92. The summed E-state index contributed by atoms with van der Waals surface area (Å²) in [6.45, 7) is 2.61. The van der Waals surface area contributed by atoms with Crippen LogP contribution in [0.25, 0.3) is 5.69 Å². The van der Waals surface area contributed by atoms with Crippen LogP contribution in [0.4, 0.5) is 4.39 Å². The zero-order valence-corrected chi connectivity index (χ0v) is 13.0. The molecule has 0 radical (unpaired) electrons. The molecule has 2 N–H and O–H groups in total. The van der Waals surface area contributed by atoms with Crippen LogP contribution in [0.3, 0.4) is 0 Å². The van der Waals surface area contributed by atoms with Gasteiger partial charge in [-0.2, -0.15) is 9.90 Å². The molecule has 2 atom stereocenters. The van der Waals surface area contributed by atoms with Crippen LogP contribution in [0.1, 0.15) is 36.7 Å². The van der Waals surface area contributed by atoms with Crippen molar-refractivity contribution < 1.29 is 9.18 Å². The SMILES string of the molecule is C[C@H](N)[C@@H]1CCCCN1C(=O)c1cnn(-c2ccc(F)cc2)n1. The van der Waals surface area contributed by atoms with Gasteiger partial charge in [-0.15, -0.1) is 5.10 Å². The normalized spacial score (nSPS) is 19.6. The molecule has 3 rings (SSSR count). The molecule has 1 saturated heterocycles. The van der Waals surface area contributed by atoms with Gasteiger partial charge in [0, 0.05) is 18.6 Å². The number of piperidine rings is 1. The van der Waals surface area contributed by atoms with Crippen LogP contribution >= 0.6 is 0 Å². The van der Waals surface area contributed by atoms with Gasteiger partial charge in [0.1, 0.15) is 5.82 Å². The number of carbonyl (C=O) groups excluding carboxylic acids is 1. The van der Waals surface area contributed by atoms with Gasteiger partial charge in [-0.05, 0) is 50.5 Å². The van der Waals surface area contributed by atoms with E-state index in [0.717, 1.165) is 19.3 Å². The Balaban J connectivity index is 1.81. The predicted octanol–water partition coefficient (Wildman–Crippen LogP) is 1.75. The van der Waals surface area contributed by atoms with Gasteiger partial charge in [-0.3, -0.25) is 4.79 Å². The molecule has 6 nitrogen and oxygen atoms in total. The molecule has 1 fully saturated rings. The van der Waals surface area contributed by atoms with Crippen LogP contribution in [0, 0.1) is 5.82 Å². The fraction of sp³-hybridized carbons (Fsp3) is 0.438. The van der Waals surface area contributed by atoms with Crippen molar-refractivity contribution in [3.05, 3.63) is 42.0 Å². The maximum Gasteiger partial charge on any atom is 0.276 e. The zero-order valence-electron chi connectivity index (χ0n) is 13.0. The largest absolute Gasteiger partial charge is 0.333 e. The number of amides is 1. The zero-order chi connectivity index (χ0) is 16.4. The summed E-state index contributed by atoms with van der Waals surface area (Å²) < 4.78 is 13.0. The first-order valence-corrected chi connectivity index (χ1v) is 7.81. The van der Waals surface area contributed by atoms with E-state index in [4.69, 9.17) is 5.73 Å². The highest BCUT2D eigenvalue weighted by atomic mass is 19.1. The van der Waals surface area contributed by atoms with E-state index in [0.29, 0.717) is 12.2 Å². The van der Waals surface area contributed by atoms with E-state index in [1.54, 1.807) is 17.0 Å². The fourth-order valence-corrected chi connectivity index (χ4v) is 2.96. The molecule has 2 heterocycles. The Morgan fingerprint density at radius 1 is 1.35 bits per heavy atom. The second-order valence-electron chi connectivity index (χ2n) is 5.92. The minimum atomic E-state index is -0.328. The Labute approximate surface area is 134 Å². The molecule has 1 amide bonds. The molecule has 0 spiro atoms. The fourth-order valence-electron chi connectivity index (χ4n) is 2.96. The highest BCUT2D eigenvalue weighted by Crippen LogP contribution is 2.21. The third kappa shape index (κ3) is 3.24. The van der Waals surface area contributed by atoms with Crippen molar-refractivity contribution in [3.8, 4) is 5.69 Å². The molecule has 7 heteroatoms. The van der Waals surface area contributed by atoms with Gasteiger partial charge in [-0.1, -0.05) is 0 Å². The number of rotatable bonds is 3. The van der Waals surface area contributed by atoms with Gasteiger partial charge in [0.05, 0.1) is 11.9 Å². The summed E-state index contributed by atoms with van der Waals surface area (Å²) in [5.74, 6) is -0.481. The molecular weight excluding hydrogens is 297 g/mol. The number of likely N-dealkylation sites (tertiary alicyclic amines) is 1. The lowest BCUT2D eigenvalue weighted by Crippen LogP contribution is -2.51. The van der Waals surface area contributed by atoms with E-state index in [1.165, 1.54) is 23.1 Å². The summed E-state index contributed by atoms with van der Waals surface area (Å²) in [5, 5.41) is 8.34. The van der Waals surface area contributed by atoms with Crippen LogP contribution in [0.15, 0.2) is 30.5 Å². The molecule has 1 aromatic heterocycles. The van der Waals surface area contributed by atoms with Crippen molar-refractivity contribution in [2.24, 2.45) is 5.73 Å². The summed E-state index contributed by atoms with van der Waals surface area (Å²) in [4.78, 5) is 15.8. The first-order chi connectivity index (χ1) is 11.1.